The summed E-state index contributed by atoms with van der Waals surface area (Å²) in [6.45, 7) is 9.68. The van der Waals surface area contributed by atoms with Gasteiger partial charge in [-0.2, -0.15) is 0 Å². The maximum Gasteiger partial charge on any atom is 1.00 e. The molecule has 0 aliphatic heterocycles. The molecule has 0 amide bonds. The zero-order valence-corrected chi connectivity index (χ0v) is 44.7. The van der Waals surface area contributed by atoms with Crippen LogP contribution in [0.1, 0.15) is 66.0 Å². The van der Waals surface area contributed by atoms with E-state index in [4.69, 9.17) is 82.3 Å². The number of aliphatic hydroxyl groups is 1. The van der Waals surface area contributed by atoms with Gasteiger partial charge in [-0.25, -0.2) is 14.4 Å². The molecule has 2 N–H and O–H groups in total. The second kappa shape index (κ2) is 39.4. The minimum absolute atomic E-state index is 0. The van der Waals surface area contributed by atoms with E-state index in [9.17, 15) is 24.0 Å². The van der Waals surface area contributed by atoms with Gasteiger partial charge in [0.2, 0.25) is 0 Å². The Morgan fingerprint density at radius 2 is 1.10 bits per heavy atom. The SMILES string of the molecule is CCO.CCOC(=O)/C(=C\c1ccc(Cl)s1)N=[N+]=[N-].CCOC(=O)/C(=C\c1ccc(Cl)s1)N=[N+]=[N-].CCOC(=O)CN=[N+]=[N-].CCOC(=O)c1cc2sc(Cl)cc2[nH]1.O=Cc1ccc(Cl)s1.[H-].[Na+]. The second-order valence-electron chi connectivity index (χ2n) is 10.7. The Morgan fingerprint density at radius 3 is 1.43 bits per heavy atom. The number of H-pyrrole nitrogens is 1. The molecule has 0 aliphatic rings. The van der Waals surface area contributed by atoms with E-state index in [0.717, 1.165) is 26.3 Å². The van der Waals surface area contributed by atoms with Gasteiger partial charge in [-0.1, -0.05) is 61.7 Å². The number of aromatic amines is 1. The maximum atomic E-state index is 11.4. The molecule has 356 valence electrons. The molecule has 0 saturated heterocycles. The van der Waals surface area contributed by atoms with Crippen LogP contribution < -0.4 is 29.6 Å². The topological polar surface area (TPSA) is 305 Å². The van der Waals surface area contributed by atoms with Crippen molar-refractivity contribution in [2.75, 3.05) is 39.6 Å². The molecule has 0 spiro atoms. The third kappa shape index (κ3) is 29.0. The Labute approximate surface area is 443 Å². The fourth-order valence-corrected chi connectivity index (χ4v) is 7.76. The van der Waals surface area contributed by atoms with Crippen LogP contribution in [0.2, 0.25) is 17.3 Å². The van der Waals surface area contributed by atoms with Crippen LogP contribution in [0.4, 0.5) is 0 Å². The summed E-state index contributed by atoms with van der Waals surface area (Å²) in [5, 5.41) is 17.1. The van der Waals surface area contributed by atoms with E-state index < -0.39 is 17.9 Å². The number of carbonyl (C=O) groups excluding carboxylic acids is 5. The van der Waals surface area contributed by atoms with Gasteiger partial charge in [0.1, 0.15) is 23.6 Å². The molecule has 5 rings (SSSR count). The number of azide groups is 3. The van der Waals surface area contributed by atoms with Crippen molar-refractivity contribution in [3.8, 4) is 0 Å². The molecule has 0 atom stereocenters. The summed E-state index contributed by atoms with van der Waals surface area (Å²) >= 11 is 28.0. The summed E-state index contributed by atoms with van der Waals surface area (Å²) in [5.74, 6) is -2.11. The van der Waals surface area contributed by atoms with Gasteiger partial charge < -0.3 is 30.5 Å². The Balaban J connectivity index is -0.000000775. The minimum atomic E-state index is -0.648. The van der Waals surface area contributed by atoms with Crippen molar-refractivity contribution in [2.24, 2.45) is 15.3 Å². The van der Waals surface area contributed by atoms with Crippen LogP contribution in [0.15, 0.2) is 75.3 Å². The van der Waals surface area contributed by atoms with Gasteiger partial charge in [0.05, 0.1) is 58.9 Å². The van der Waals surface area contributed by atoms with Gasteiger partial charge >= 0.3 is 53.4 Å². The number of hydrogen-bond acceptors (Lipinski definition) is 17. The van der Waals surface area contributed by atoms with Gasteiger partial charge in [0.15, 0.2) is 6.29 Å². The third-order valence-corrected chi connectivity index (χ3v) is 10.8. The number of aldehydes is 1. The van der Waals surface area contributed by atoms with Gasteiger partial charge in [-0.15, -0.1) is 45.3 Å². The van der Waals surface area contributed by atoms with E-state index in [0.29, 0.717) is 41.1 Å². The van der Waals surface area contributed by atoms with Gasteiger partial charge in [0, 0.05) is 31.1 Å². The van der Waals surface area contributed by atoms with Crippen molar-refractivity contribution in [3.63, 3.8) is 0 Å². The van der Waals surface area contributed by atoms with Crippen LogP contribution in [0.3, 0.4) is 0 Å². The van der Waals surface area contributed by atoms with Gasteiger partial charge in [-0.05, 0) is 112 Å². The van der Waals surface area contributed by atoms with Gasteiger partial charge in [-0.3, -0.25) is 9.59 Å². The fraction of sp³-hybridized carbons (Fsp3) is 0.289. The summed E-state index contributed by atoms with van der Waals surface area (Å²) in [7, 11) is 0. The first-order valence-corrected chi connectivity index (χ1v) is 23.2. The number of aliphatic hydroxyl groups excluding tert-OH is 1. The van der Waals surface area contributed by atoms with E-state index >= 15 is 0 Å². The Kier molecular flexibility index (Phi) is 37.9. The largest absolute Gasteiger partial charge is 1.00 e. The summed E-state index contributed by atoms with van der Waals surface area (Å²) in [5.41, 5.74) is 25.6. The summed E-state index contributed by atoms with van der Waals surface area (Å²) in [6.07, 6.45) is 3.67. The Morgan fingerprint density at radius 1 is 0.672 bits per heavy atom. The minimum Gasteiger partial charge on any atom is -1.00 e. The summed E-state index contributed by atoms with van der Waals surface area (Å²) in [6, 6.07) is 13.8. The molecule has 0 radical (unpaired) electrons. The van der Waals surface area contributed by atoms with Crippen LogP contribution in [-0.2, 0) is 33.3 Å². The number of esters is 4. The number of thiophene rings is 4. The predicted octanol–water partition coefficient (Wildman–Crippen LogP) is 10.5. The van der Waals surface area contributed by atoms with Crippen LogP contribution >= 0.6 is 91.8 Å². The van der Waals surface area contributed by atoms with E-state index in [1.165, 1.54) is 57.5 Å². The Bertz CT molecular complexity index is 2410. The van der Waals surface area contributed by atoms with Crippen LogP contribution in [0.5, 0.6) is 0 Å². The zero-order valence-electron chi connectivity index (χ0n) is 37.4. The summed E-state index contributed by atoms with van der Waals surface area (Å²) in [4.78, 5) is 66.9. The Hall–Kier alpha value is -4.58. The number of rotatable bonds is 14. The van der Waals surface area contributed by atoms with Crippen LogP contribution in [0.25, 0.3) is 53.7 Å². The number of carbonyl (C=O) groups is 5. The quantitative estimate of drug-likeness (QED) is 0.0155. The molecule has 0 unspecified atom stereocenters. The maximum absolute atomic E-state index is 11.4. The van der Waals surface area contributed by atoms with E-state index in [-0.39, 0.29) is 74.7 Å². The molecule has 0 saturated carbocycles. The van der Waals surface area contributed by atoms with E-state index in [1.807, 2.05) is 0 Å². The first-order valence-electron chi connectivity index (χ1n) is 18.4. The van der Waals surface area contributed by atoms with Crippen molar-refractivity contribution >= 4 is 144 Å². The standard InChI is InChI=1S/2C9H8ClN3O2S.C9H8ClNO2S.C5H3ClOS.C4H7N3O2.C2H6O.Na.H/c2*1-2-15-9(14)7(12-13-11)5-6-3-4-8(10)16-6;1-2-13-9(12)6-3-7-5(11-6)4-8(10)14-7;6-5-2-1-4(3-7)8-5;1-2-9-4(8)3-6-7-5;1-2-3;;/h2*3-5H,2H2,1H3;3-4,11H,2H2,1H3;1-3H;2-3H2,1H3;3H,2H2,1H3;;/q;;;;;;+1;-1/b2*7-5+;;;;;;. The average molecular weight is 1090 g/mol. The molecule has 0 aliphatic carbocycles. The fourth-order valence-electron chi connectivity index (χ4n) is 3.74. The summed E-state index contributed by atoms with van der Waals surface area (Å²) < 4.78 is 22.3. The average Bonchev–Trinajstić information content (AvgIpc) is 4.13. The number of halogens is 4. The number of nitrogens with one attached hydrogen (secondary N) is 1. The third-order valence-electron chi connectivity index (χ3n) is 6.07. The van der Waals surface area contributed by atoms with Crippen molar-refractivity contribution in [1.29, 1.82) is 0 Å². The number of fused-ring (bicyclic) bond motifs is 1. The first-order chi connectivity index (χ1) is 31.6. The van der Waals surface area contributed by atoms with Crippen molar-refractivity contribution < 1.29 is 79.0 Å². The number of aromatic nitrogens is 1. The number of nitrogens with zero attached hydrogens (tertiary/aromatic N) is 9. The molecule has 5 aromatic heterocycles. The van der Waals surface area contributed by atoms with Crippen LogP contribution in [0, 0.1) is 0 Å². The molecule has 29 heteroatoms. The smallest absolute Gasteiger partial charge is 1.00 e. The molecule has 5 aromatic rings. The zero-order chi connectivity index (χ0) is 49.9. The molecule has 5 heterocycles. The molecule has 0 fully saturated rings. The van der Waals surface area contributed by atoms with E-state index in [2.05, 4.69) is 39.8 Å². The molecular formula is C38H41Cl4N10NaO10S4. The molecule has 67 heavy (non-hydrogen) atoms. The van der Waals surface area contributed by atoms with Crippen molar-refractivity contribution in [2.45, 2.75) is 34.6 Å². The monoisotopic (exact) mass is 1090 g/mol. The molecule has 0 aromatic carbocycles. The molecular weight excluding hydrogens is 1050 g/mol. The van der Waals surface area contributed by atoms with Crippen molar-refractivity contribution in [1.82, 2.24) is 4.98 Å². The number of hydrogen-bond donors (Lipinski definition) is 2. The predicted molar refractivity (Wildman–Crippen MR) is 263 cm³/mol. The molecule has 0 bridgehead atoms. The molecule has 20 nitrogen and oxygen atoms in total. The van der Waals surface area contributed by atoms with E-state index in [1.54, 1.807) is 83.1 Å². The number of ether oxygens (including phenoxy) is 4. The normalized spacial score (nSPS) is 9.76. The van der Waals surface area contributed by atoms with Crippen molar-refractivity contribution in [3.05, 3.63) is 129 Å². The first kappa shape index (κ1) is 64.5. The van der Waals surface area contributed by atoms with Gasteiger partial charge in [0.25, 0.3) is 0 Å². The second-order valence-corrected chi connectivity index (χ2v) is 17.6. The van der Waals surface area contributed by atoms with Crippen LogP contribution in [-0.4, -0.2) is 79.8 Å².